The maximum atomic E-state index is 13.4. The molecule has 36 heavy (non-hydrogen) atoms. The highest BCUT2D eigenvalue weighted by Crippen LogP contribution is 2.37. The van der Waals surface area contributed by atoms with Crippen LogP contribution in [0, 0.1) is 0 Å². The molecule has 0 fully saturated rings. The number of anilines is 2. The van der Waals surface area contributed by atoms with Gasteiger partial charge in [-0.3, -0.25) is 19.3 Å². The third kappa shape index (κ3) is 5.30. The molecule has 0 spiro atoms. The van der Waals surface area contributed by atoms with Crippen molar-refractivity contribution in [2.45, 2.75) is 11.4 Å². The molecule has 0 unspecified atom stereocenters. The number of carbonyl (C=O) groups excluding carboxylic acids is 3. The minimum atomic E-state index is -0.441. The molecule has 2 aromatic carbocycles. The van der Waals surface area contributed by atoms with Crippen molar-refractivity contribution >= 4 is 68.1 Å². The maximum absolute atomic E-state index is 13.4. The predicted octanol–water partition coefficient (Wildman–Crippen LogP) is 6.34. The summed E-state index contributed by atoms with van der Waals surface area (Å²) in [5.74, 6) is -0.567. The minimum Gasteiger partial charge on any atom is -0.467 e. The van der Waals surface area contributed by atoms with Crippen LogP contribution in [0.25, 0.3) is 0 Å². The topological polar surface area (TPSA) is 91.7 Å². The molecule has 2 aromatic heterocycles. The lowest BCUT2D eigenvalue weighted by molar-refractivity contribution is -0.138. The maximum Gasteiger partial charge on any atom is 0.278 e. The van der Waals surface area contributed by atoms with Crippen LogP contribution in [0.5, 0.6) is 0 Å². The average Bonchev–Trinajstić information content (AvgIpc) is 3.63. The van der Waals surface area contributed by atoms with Crippen molar-refractivity contribution in [3.05, 3.63) is 110 Å². The van der Waals surface area contributed by atoms with Gasteiger partial charge in [0.05, 0.1) is 17.7 Å². The summed E-state index contributed by atoms with van der Waals surface area (Å²) in [5, 5.41) is 7.83. The van der Waals surface area contributed by atoms with Crippen molar-refractivity contribution in [3.63, 3.8) is 0 Å². The van der Waals surface area contributed by atoms with Gasteiger partial charge < -0.3 is 15.1 Å². The Balaban J connectivity index is 1.42. The van der Waals surface area contributed by atoms with E-state index in [0.717, 1.165) is 9.37 Å². The summed E-state index contributed by atoms with van der Waals surface area (Å²) in [4.78, 5) is 41.9. The summed E-state index contributed by atoms with van der Waals surface area (Å²) in [6.45, 7) is 0.0250. The lowest BCUT2D eigenvalue weighted by Gasteiger charge is -2.13. The number of carbonyl (C=O) groups is 3. The highest BCUT2D eigenvalue weighted by molar-refractivity contribution is 9.10. The Bertz CT molecular complexity index is 1450. The molecule has 10 heteroatoms. The summed E-state index contributed by atoms with van der Waals surface area (Å²) in [6.07, 6.45) is 1.50. The quantitative estimate of drug-likeness (QED) is 0.237. The molecule has 7 nitrogen and oxygen atoms in total. The van der Waals surface area contributed by atoms with Gasteiger partial charge in [-0.1, -0.05) is 39.8 Å². The minimum absolute atomic E-state index is 0.0250. The molecule has 180 valence electrons. The van der Waals surface area contributed by atoms with Crippen molar-refractivity contribution in [3.8, 4) is 0 Å². The van der Waals surface area contributed by atoms with Gasteiger partial charge in [0, 0.05) is 20.7 Å². The Hall–Kier alpha value is -3.60. The molecule has 0 bridgehead atoms. The molecule has 5 rings (SSSR count). The van der Waals surface area contributed by atoms with Gasteiger partial charge in [0.15, 0.2) is 0 Å². The zero-order chi connectivity index (χ0) is 25.1. The van der Waals surface area contributed by atoms with Crippen molar-refractivity contribution in [2.24, 2.45) is 0 Å². The molecule has 3 amide bonds. The van der Waals surface area contributed by atoms with E-state index in [9.17, 15) is 14.4 Å². The zero-order valence-electron chi connectivity index (χ0n) is 18.6. The van der Waals surface area contributed by atoms with Crippen LogP contribution >= 0.6 is 39.0 Å². The number of furan rings is 1. The Kier molecular flexibility index (Phi) is 7.08. The van der Waals surface area contributed by atoms with Gasteiger partial charge in [-0.15, -0.1) is 11.3 Å². The lowest BCUT2D eigenvalue weighted by Crippen LogP contribution is -2.31. The van der Waals surface area contributed by atoms with E-state index in [1.54, 1.807) is 36.4 Å². The predicted molar refractivity (Wildman–Crippen MR) is 144 cm³/mol. The fourth-order valence-corrected chi connectivity index (χ4v) is 5.38. The number of thioether (sulfide) groups is 1. The molecule has 4 aromatic rings. The highest BCUT2D eigenvalue weighted by Gasteiger charge is 2.39. The number of rotatable bonds is 8. The molecule has 0 atom stereocenters. The van der Waals surface area contributed by atoms with E-state index in [1.165, 1.54) is 29.4 Å². The van der Waals surface area contributed by atoms with Crippen LogP contribution in [-0.2, 0) is 16.1 Å². The number of hydrogen-bond acceptors (Lipinski definition) is 7. The number of nitrogens with one attached hydrogen (secondary N) is 2. The Morgan fingerprint density at radius 3 is 2.53 bits per heavy atom. The van der Waals surface area contributed by atoms with Crippen LogP contribution in [0.15, 0.2) is 109 Å². The second-order valence-electron chi connectivity index (χ2n) is 7.67. The summed E-state index contributed by atoms with van der Waals surface area (Å²) in [5.41, 5.74) is 1.45. The molecule has 0 radical (unpaired) electrons. The van der Waals surface area contributed by atoms with E-state index in [0.29, 0.717) is 26.9 Å². The molecule has 1 aliphatic heterocycles. The Labute approximate surface area is 223 Å². The van der Waals surface area contributed by atoms with Gasteiger partial charge in [0.1, 0.15) is 16.4 Å². The number of nitrogens with zero attached hydrogens (tertiary/aromatic N) is 1. The molecule has 0 saturated heterocycles. The molecule has 2 N–H and O–H groups in total. The third-order valence-electron chi connectivity index (χ3n) is 5.19. The normalized spacial score (nSPS) is 13.4. The summed E-state index contributed by atoms with van der Waals surface area (Å²) in [6, 6.07) is 21.5. The largest absolute Gasteiger partial charge is 0.467 e. The fraction of sp³-hybridized carbons (Fsp3) is 0.0385. The third-order valence-corrected chi connectivity index (χ3v) is 7.66. The average molecular weight is 580 g/mol. The van der Waals surface area contributed by atoms with Gasteiger partial charge in [-0.05, 0) is 66.0 Å². The fourth-order valence-electron chi connectivity index (χ4n) is 3.49. The first kappa shape index (κ1) is 24.1. The molecule has 0 aliphatic carbocycles. The highest BCUT2D eigenvalue weighted by atomic mass is 79.9. The van der Waals surface area contributed by atoms with E-state index in [1.807, 2.05) is 41.8 Å². The van der Waals surface area contributed by atoms with E-state index in [4.69, 9.17) is 4.42 Å². The molecular weight excluding hydrogens is 562 g/mol. The number of thiophene rings is 1. The Morgan fingerprint density at radius 1 is 0.972 bits per heavy atom. The monoisotopic (exact) mass is 579 g/mol. The number of hydrogen-bond donors (Lipinski definition) is 2. The van der Waals surface area contributed by atoms with Gasteiger partial charge >= 0.3 is 0 Å². The van der Waals surface area contributed by atoms with Crippen LogP contribution in [0.4, 0.5) is 11.4 Å². The molecular formula is C26H18BrN3O4S2. The number of amides is 3. The van der Waals surface area contributed by atoms with Gasteiger partial charge in [0.25, 0.3) is 17.7 Å². The van der Waals surface area contributed by atoms with Crippen LogP contribution in [0.3, 0.4) is 0 Å². The SMILES string of the molecule is O=C(Nc1cccc(SC2=C(Nc3ccc(Br)cc3)C(=O)N(Cc3ccco3)C2=O)c1)c1cccs1. The van der Waals surface area contributed by atoms with E-state index in [2.05, 4.69) is 26.6 Å². The van der Waals surface area contributed by atoms with Crippen LogP contribution in [0.2, 0.25) is 0 Å². The van der Waals surface area contributed by atoms with Crippen molar-refractivity contribution < 1.29 is 18.8 Å². The summed E-state index contributed by atoms with van der Waals surface area (Å²) < 4.78 is 6.25. The van der Waals surface area contributed by atoms with Crippen LogP contribution in [-0.4, -0.2) is 22.6 Å². The van der Waals surface area contributed by atoms with E-state index >= 15 is 0 Å². The lowest BCUT2D eigenvalue weighted by atomic mass is 10.3. The molecule has 1 aliphatic rings. The van der Waals surface area contributed by atoms with Crippen molar-refractivity contribution in [2.75, 3.05) is 10.6 Å². The summed E-state index contributed by atoms with van der Waals surface area (Å²) >= 11 is 5.92. The smallest absolute Gasteiger partial charge is 0.278 e. The van der Waals surface area contributed by atoms with Crippen LogP contribution in [0.1, 0.15) is 15.4 Å². The zero-order valence-corrected chi connectivity index (χ0v) is 21.8. The first-order valence-corrected chi connectivity index (χ1v) is 13.2. The van der Waals surface area contributed by atoms with Crippen molar-refractivity contribution in [1.29, 1.82) is 0 Å². The van der Waals surface area contributed by atoms with Crippen LogP contribution < -0.4 is 10.6 Å². The van der Waals surface area contributed by atoms with Gasteiger partial charge in [0.2, 0.25) is 0 Å². The van der Waals surface area contributed by atoms with E-state index < -0.39 is 11.8 Å². The standard InChI is InChI=1S/C26H18BrN3O4S2/c27-16-8-10-17(11-9-16)28-22-23(26(33)30(25(22)32)15-19-5-2-12-34-19)36-20-6-1-4-18(14-20)29-24(31)21-7-3-13-35-21/h1-14,28H,15H2,(H,29,31). The first-order chi connectivity index (χ1) is 17.5. The number of imide groups is 1. The molecule has 3 heterocycles. The summed E-state index contributed by atoms with van der Waals surface area (Å²) in [7, 11) is 0. The van der Waals surface area contributed by atoms with Gasteiger partial charge in [-0.25, -0.2) is 0 Å². The number of benzene rings is 2. The number of halogens is 1. The molecule has 0 saturated carbocycles. The van der Waals surface area contributed by atoms with Gasteiger partial charge in [-0.2, -0.15) is 0 Å². The second-order valence-corrected chi connectivity index (χ2v) is 10.6. The second kappa shape index (κ2) is 10.6. The first-order valence-electron chi connectivity index (χ1n) is 10.8. The van der Waals surface area contributed by atoms with E-state index in [-0.39, 0.29) is 23.1 Å². The Morgan fingerprint density at radius 2 is 1.81 bits per heavy atom. The van der Waals surface area contributed by atoms with Crippen molar-refractivity contribution in [1.82, 2.24) is 4.90 Å².